The summed E-state index contributed by atoms with van der Waals surface area (Å²) < 4.78 is 7.44. The average molecular weight is 288 g/mol. The van der Waals surface area contributed by atoms with Crippen LogP contribution in [0.3, 0.4) is 0 Å². The van der Waals surface area contributed by atoms with Crippen LogP contribution in [-0.2, 0) is 17.8 Å². The Labute approximate surface area is 125 Å². The summed E-state index contributed by atoms with van der Waals surface area (Å²) in [5.41, 5.74) is 2.37. The monoisotopic (exact) mass is 288 g/mol. The van der Waals surface area contributed by atoms with Gasteiger partial charge in [-0.1, -0.05) is 18.2 Å². The lowest BCUT2D eigenvalue weighted by atomic mass is 10.2. The van der Waals surface area contributed by atoms with Gasteiger partial charge in [-0.15, -0.1) is 0 Å². The van der Waals surface area contributed by atoms with Crippen LogP contribution in [-0.4, -0.2) is 54.1 Å². The van der Waals surface area contributed by atoms with Crippen molar-refractivity contribution in [2.45, 2.75) is 20.0 Å². The first kappa shape index (κ1) is 14.5. The third-order valence-corrected chi connectivity index (χ3v) is 4.03. The van der Waals surface area contributed by atoms with Crippen molar-refractivity contribution in [2.75, 3.05) is 39.4 Å². The number of ether oxygens (including phenoxy) is 1. The molecule has 0 radical (unpaired) electrons. The van der Waals surface area contributed by atoms with E-state index in [4.69, 9.17) is 9.84 Å². The maximum atomic E-state index is 5.36. The molecule has 1 aliphatic heterocycles. The predicted molar refractivity (Wildman–Crippen MR) is 84.4 cm³/mol. The Morgan fingerprint density at radius 1 is 1.24 bits per heavy atom. The number of morpholine rings is 1. The molecule has 0 amide bonds. The number of para-hydroxylation sites is 1. The lowest BCUT2D eigenvalue weighted by Crippen LogP contribution is -2.40. The molecule has 1 aromatic carbocycles. The lowest BCUT2D eigenvalue weighted by molar-refractivity contribution is 0.0384. The van der Waals surface area contributed by atoms with E-state index >= 15 is 0 Å². The van der Waals surface area contributed by atoms with E-state index in [0.29, 0.717) is 0 Å². The molecule has 5 nitrogen and oxygen atoms in total. The molecule has 1 aliphatic rings. The van der Waals surface area contributed by atoms with E-state index in [1.165, 1.54) is 10.9 Å². The molecule has 0 unspecified atom stereocenters. The molecular formula is C16H24N4O. The summed E-state index contributed by atoms with van der Waals surface area (Å²) in [6.45, 7) is 9.78. The standard InChI is InChI=1S/C16H24N4O/c1-2-20-16-6-4-3-5-14(16)15(18-20)13-17-7-8-19-9-11-21-12-10-19/h3-6,17H,2,7-13H2,1H3. The highest BCUT2D eigenvalue weighted by Gasteiger charge is 2.11. The second kappa shape index (κ2) is 7.02. The molecule has 0 saturated carbocycles. The SMILES string of the molecule is CCn1nc(CNCCN2CCOCC2)c2ccccc21. The molecule has 0 aliphatic carbocycles. The highest BCUT2D eigenvalue weighted by molar-refractivity contribution is 5.81. The molecular weight excluding hydrogens is 264 g/mol. The van der Waals surface area contributed by atoms with E-state index in [1.807, 2.05) is 0 Å². The molecule has 2 aromatic rings. The zero-order chi connectivity index (χ0) is 14.5. The topological polar surface area (TPSA) is 42.3 Å². The molecule has 21 heavy (non-hydrogen) atoms. The Hall–Kier alpha value is -1.43. The van der Waals surface area contributed by atoms with Gasteiger partial charge in [0.05, 0.1) is 24.4 Å². The van der Waals surface area contributed by atoms with E-state index < -0.39 is 0 Å². The third-order valence-electron chi connectivity index (χ3n) is 4.03. The van der Waals surface area contributed by atoms with Crippen LogP contribution in [0.25, 0.3) is 10.9 Å². The van der Waals surface area contributed by atoms with Crippen LogP contribution in [0.1, 0.15) is 12.6 Å². The van der Waals surface area contributed by atoms with Gasteiger partial charge in [-0.2, -0.15) is 5.10 Å². The molecule has 2 heterocycles. The maximum absolute atomic E-state index is 5.36. The maximum Gasteiger partial charge on any atom is 0.0841 e. The van der Waals surface area contributed by atoms with Crippen LogP contribution in [0.4, 0.5) is 0 Å². The Bertz CT molecular complexity index is 575. The summed E-state index contributed by atoms with van der Waals surface area (Å²) in [7, 11) is 0. The van der Waals surface area contributed by atoms with Crippen LogP contribution in [0.15, 0.2) is 24.3 Å². The first-order valence-corrected chi connectivity index (χ1v) is 7.83. The van der Waals surface area contributed by atoms with Gasteiger partial charge in [-0.05, 0) is 13.0 Å². The molecule has 1 aromatic heterocycles. The van der Waals surface area contributed by atoms with Gasteiger partial charge in [0.1, 0.15) is 0 Å². The fraction of sp³-hybridized carbons (Fsp3) is 0.562. The van der Waals surface area contributed by atoms with Crippen molar-refractivity contribution in [3.8, 4) is 0 Å². The molecule has 3 rings (SSSR count). The van der Waals surface area contributed by atoms with Gasteiger partial charge in [-0.3, -0.25) is 9.58 Å². The Balaban J connectivity index is 1.55. The van der Waals surface area contributed by atoms with Crippen LogP contribution in [0, 0.1) is 0 Å². The largest absolute Gasteiger partial charge is 0.379 e. The molecule has 0 bridgehead atoms. The highest BCUT2D eigenvalue weighted by Crippen LogP contribution is 2.18. The highest BCUT2D eigenvalue weighted by atomic mass is 16.5. The smallest absolute Gasteiger partial charge is 0.0841 e. The minimum absolute atomic E-state index is 0.831. The van der Waals surface area contributed by atoms with Crippen molar-refractivity contribution in [1.82, 2.24) is 20.0 Å². The fourth-order valence-electron chi connectivity index (χ4n) is 2.84. The summed E-state index contributed by atoms with van der Waals surface area (Å²) in [5.74, 6) is 0. The summed E-state index contributed by atoms with van der Waals surface area (Å²) in [4.78, 5) is 2.44. The van der Waals surface area contributed by atoms with Crippen molar-refractivity contribution in [1.29, 1.82) is 0 Å². The predicted octanol–water partition coefficient (Wildman–Crippen LogP) is 1.48. The molecule has 1 N–H and O–H groups in total. The Kier molecular flexibility index (Phi) is 4.85. The second-order valence-electron chi connectivity index (χ2n) is 5.41. The zero-order valence-corrected chi connectivity index (χ0v) is 12.7. The summed E-state index contributed by atoms with van der Waals surface area (Å²) >= 11 is 0. The number of nitrogens with one attached hydrogen (secondary N) is 1. The lowest BCUT2D eigenvalue weighted by Gasteiger charge is -2.26. The Morgan fingerprint density at radius 2 is 2.05 bits per heavy atom. The van der Waals surface area contributed by atoms with Gasteiger partial charge in [-0.25, -0.2) is 0 Å². The number of hydrogen-bond acceptors (Lipinski definition) is 4. The van der Waals surface area contributed by atoms with E-state index in [9.17, 15) is 0 Å². The fourth-order valence-corrected chi connectivity index (χ4v) is 2.84. The molecule has 114 valence electrons. The summed E-state index contributed by atoms with van der Waals surface area (Å²) in [6, 6.07) is 8.46. The van der Waals surface area contributed by atoms with E-state index in [1.54, 1.807) is 0 Å². The number of hydrogen-bond donors (Lipinski definition) is 1. The van der Waals surface area contributed by atoms with E-state index in [-0.39, 0.29) is 0 Å². The van der Waals surface area contributed by atoms with Gasteiger partial charge in [0.15, 0.2) is 0 Å². The molecule has 0 spiro atoms. The van der Waals surface area contributed by atoms with Crippen molar-refractivity contribution >= 4 is 10.9 Å². The molecule has 0 atom stereocenters. The van der Waals surface area contributed by atoms with Crippen LogP contribution < -0.4 is 5.32 Å². The van der Waals surface area contributed by atoms with E-state index in [0.717, 1.165) is 58.2 Å². The second-order valence-corrected chi connectivity index (χ2v) is 5.41. The molecule has 1 saturated heterocycles. The van der Waals surface area contributed by atoms with Gasteiger partial charge in [0.25, 0.3) is 0 Å². The van der Waals surface area contributed by atoms with Crippen LogP contribution in [0.5, 0.6) is 0 Å². The van der Waals surface area contributed by atoms with Crippen molar-refractivity contribution in [2.24, 2.45) is 0 Å². The van der Waals surface area contributed by atoms with Gasteiger partial charge in [0, 0.05) is 44.7 Å². The summed E-state index contributed by atoms with van der Waals surface area (Å²) in [6.07, 6.45) is 0. The first-order chi connectivity index (χ1) is 10.4. The zero-order valence-electron chi connectivity index (χ0n) is 12.7. The average Bonchev–Trinajstić information content (AvgIpc) is 2.91. The molecule has 1 fully saturated rings. The number of nitrogens with zero attached hydrogens (tertiary/aromatic N) is 3. The number of aromatic nitrogens is 2. The number of rotatable bonds is 6. The van der Waals surface area contributed by atoms with Crippen LogP contribution in [0.2, 0.25) is 0 Å². The number of benzene rings is 1. The minimum atomic E-state index is 0.831. The van der Waals surface area contributed by atoms with Crippen molar-refractivity contribution < 1.29 is 4.74 Å². The van der Waals surface area contributed by atoms with Crippen molar-refractivity contribution in [3.05, 3.63) is 30.0 Å². The quantitative estimate of drug-likeness (QED) is 0.818. The van der Waals surface area contributed by atoms with Gasteiger partial charge >= 0.3 is 0 Å². The van der Waals surface area contributed by atoms with Gasteiger partial charge < -0.3 is 10.1 Å². The number of fused-ring (bicyclic) bond motifs is 1. The van der Waals surface area contributed by atoms with Crippen molar-refractivity contribution in [3.63, 3.8) is 0 Å². The normalized spacial score (nSPS) is 16.6. The number of aryl methyl sites for hydroxylation is 1. The van der Waals surface area contributed by atoms with Crippen LogP contribution >= 0.6 is 0 Å². The first-order valence-electron chi connectivity index (χ1n) is 7.83. The Morgan fingerprint density at radius 3 is 2.86 bits per heavy atom. The van der Waals surface area contributed by atoms with Gasteiger partial charge in [0.2, 0.25) is 0 Å². The van der Waals surface area contributed by atoms with E-state index in [2.05, 4.69) is 46.1 Å². The molecule has 5 heteroatoms. The third kappa shape index (κ3) is 3.43. The summed E-state index contributed by atoms with van der Waals surface area (Å²) in [5, 5.41) is 9.50. The minimum Gasteiger partial charge on any atom is -0.379 e.